The number of hydrogen-bond donors (Lipinski definition) is 3. The number of nitrogens with two attached hydrogens (primary N) is 1. The number of carbonyl (C=O) groups is 1. The summed E-state index contributed by atoms with van der Waals surface area (Å²) in [5, 5.41) is 6.33. The Morgan fingerprint density at radius 1 is 1.26 bits per heavy atom. The maximum atomic E-state index is 12.2. The van der Waals surface area contributed by atoms with Crippen molar-refractivity contribution in [1.82, 2.24) is 15.3 Å². The van der Waals surface area contributed by atoms with Crippen LogP contribution >= 0.6 is 0 Å². The summed E-state index contributed by atoms with van der Waals surface area (Å²) in [6.45, 7) is 5.57. The van der Waals surface area contributed by atoms with Crippen molar-refractivity contribution in [3.8, 4) is 6.01 Å². The van der Waals surface area contributed by atoms with Gasteiger partial charge in [-0.1, -0.05) is 49.3 Å². The van der Waals surface area contributed by atoms with E-state index in [0.717, 1.165) is 37.9 Å². The molecule has 31 heavy (non-hydrogen) atoms. The van der Waals surface area contributed by atoms with E-state index >= 15 is 0 Å². The van der Waals surface area contributed by atoms with Crippen LogP contribution in [0.3, 0.4) is 0 Å². The third-order valence-corrected chi connectivity index (χ3v) is 5.34. The van der Waals surface area contributed by atoms with Crippen LogP contribution in [-0.2, 0) is 17.9 Å². The molecule has 4 rings (SSSR count). The highest BCUT2D eigenvalue weighted by Gasteiger charge is 2.25. The minimum atomic E-state index is -0.0916. The minimum absolute atomic E-state index is 0.0916. The number of fused-ring (bicyclic) bond motifs is 1. The lowest BCUT2D eigenvalue weighted by molar-refractivity contribution is -0.115. The summed E-state index contributed by atoms with van der Waals surface area (Å²) in [6, 6.07) is 8.73. The van der Waals surface area contributed by atoms with Gasteiger partial charge in [0.2, 0.25) is 5.91 Å². The second-order valence-electron chi connectivity index (χ2n) is 8.00. The first kappa shape index (κ1) is 21.1. The Bertz CT molecular complexity index is 975. The maximum absolute atomic E-state index is 12.2. The fourth-order valence-electron chi connectivity index (χ4n) is 3.51. The molecule has 0 atom stereocenters. The van der Waals surface area contributed by atoms with E-state index in [1.54, 1.807) is 0 Å². The maximum Gasteiger partial charge on any atom is 0.320 e. The average molecular weight is 423 g/mol. The van der Waals surface area contributed by atoms with E-state index in [1.165, 1.54) is 11.1 Å². The number of nitrogens with one attached hydrogen (secondary N) is 2. The first-order chi connectivity index (χ1) is 15.1. The topological polar surface area (TPSA) is 105 Å². The number of amides is 1. The van der Waals surface area contributed by atoms with Crippen LogP contribution in [0, 0.1) is 0 Å². The van der Waals surface area contributed by atoms with Gasteiger partial charge in [-0.25, -0.2) is 0 Å². The third kappa shape index (κ3) is 5.73. The highest BCUT2D eigenvalue weighted by molar-refractivity contribution is 5.98. The van der Waals surface area contributed by atoms with Crippen molar-refractivity contribution in [2.24, 2.45) is 0 Å². The van der Waals surface area contributed by atoms with Gasteiger partial charge in [0.05, 0.1) is 6.61 Å². The van der Waals surface area contributed by atoms with E-state index < -0.39 is 0 Å². The largest absolute Gasteiger partial charge is 0.463 e. The van der Waals surface area contributed by atoms with E-state index in [-0.39, 0.29) is 17.7 Å². The predicted octanol–water partition coefficient (Wildman–Crippen LogP) is 3.01. The number of unbranched alkanes of at least 4 members (excludes halogenated alkanes) is 1. The van der Waals surface area contributed by atoms with Crippen LogP contribution in [0.15, 0.2) is 35.9 Å². The number of ether oxygens (including phenoxy) is 1. The van der Waals surface area contributed by atoms with Crippen LogP contribution in [0.4, 0.5) is 17.3 Å². The molecule has 0 unspecified atom stereocenters. The van der Waals surface area contributed by atoms with E-state index in [4.69, 9.17) is 10.5 Å². The number of benzene rings is 1. The molecule has 1 aliphatic carbocycles. The molecule has 1 amide bonds. The number of anilines is 3. The zero-order chi connectivity index (χ0) is 21.6. The minimum Gasteiger partial charge on any atom is -0.463 e. The molecule has 1 aromatic heterocycles. The number of carbonyl (C=O) groups excluding carboxylic acids is 1. The van der Waals surface area contributed by atoms with Gasteiger partial charge in [0.15, 0.2) is 11.6 Å². The summed E-state index contributed by atoms with van der Waals surface area (Å²) in [4.78, 5) is 23.1. The van der Waals surface area contributed by atoms with Gasteiger partial charge < -0.3 is 26.0 Å². The number of rotatable bonds is 10. The molecule has 2 heterocycles. The van der Waals surface area contributed by atoms with E-state index in [9.17, 15) is 4.79 Å². The van der Waals surface area contributed by atoms with E-state index in [0.29, 0.717) is 37.6 Å². The Labute approximate surface area is 182 Å². The SMILES string of the molecule is CCCCOc1nc(N)c2c(n1)N(Cc1cccc(CNCC3=CC3)c1)CCC(=O)N2. The molecule has 2 aromatic rings. The first-order valence-corrected chi connectivity index (χ1v) is 10.9. The van der Waals surface area contributed by atoms with Crippen LogP contribution in [0.5, 0.6) is 6.01 Å². The zero-order valence-electron chi connectivity index (χ0n) is 18.0. The van der Waals surface area contributed by atoms with Crippen LogP contribution in [0.25, 0.3) is 0 Å². The Morgan fingerprint density at radius 3 is 2.90 bits per heavy atom. The molecule has 0 radical (unpaired) electrons. The number of aromatic nitrogens is 2. The Balaban J connectivity index is 1.52. The summed E-state index contributed by atoms with van der Waals surface area (Å²) >= 11 is 0. The van der Waals surface area contributed by atoms with Gasteiger partial charge in [0.25, 0.3) is 0 Å². The lowest BCUT2D eigenvalue weighted by Gasteiger charge is -2.24. The molecule has 1 aromatic carbocycles. The molecule has 0 spiro atoms. The summed E-state index contributed by atoms with van der Waals surface area (Å²) in [6.07, 6.45) is 5.68. The summed E-state index contributed by atoms with van der Waals surface area (Å²) in [7, 11) is 0. The van der Waals surface area contributed by atoms with Crippen LogP contribution in [0.2, 0.25) is 0 Å². The van der Waals surface area contributed by atoms with Crippen molar-refractivity contribution in [2.75, 3.05) is 35.6 Å². The van der Waals surface area contributed by atoms with Crippen molar-refractivity contribution in [3.05, 3.63) is 47.0 Å². The number of hydrogen-bond acceptors (Lipinski definition) is 7. The van der Waals surface area contributed by atoms with Crippen molar-refractivity contribution in [2.45, 2.75) is 45.7 Å². The van der Waals surface area contributed by atoms with Crippen molar-refractivity contribution >= 4 is 23.2 Å². The van der Waals surface area contributed by atoms with Gasteiger partial charge in [-0.3, -0.25) is 4.79 Å². The molecule has 0 saturated carbocycles. The van der Waals surface area contributed by atoms with Crippen LogP contribution in [-0.4, -0.2) is 35.6 Å². The fraction of sp³-hybridized carbons (Fsp3) is 0.435. The van der Waals surface area contributed by atoms with E-state index in [2.05, 4.69) is 62.8 Å². The highest BCUT2D eigenvalue weighted by atomic mass is 16.5. The standard InChI is InChI=1S/C23H30N6O2/c1-2-3-11-31-23-27-21(24)20-22(28-23)29(10-9-19(30)26-20)15-18-6-4-5-17(12-18)14-25-13-16-7-8-16/h4-7,12,25H,2-3,8-11,13-15H2,1H3,(H,26,30)(H2,24,27,28). The zero-order valence-corrected chi connectivity index (χ0v) is 18.0. The number of nitrogens with zero attached hydrogens (tertiary/aromatic N) is 3. The van der Waals surface area contributed by atoms with Gasteiger partial charge in [0, 0.05) is 32.6 Å². The summed E-state index contributed by atoms with van der Waals surface area (Å²) < 4.78 is 5.69. The molecule has 0 fully saturated rings. The second-order valence-corrected chi connectivity index (χ2v) is 8.00. The predicted molar refractivity (Wildman–Crippen MR) is 122 cm³/mol. The molecule has 1 aliphatic heterocycles. The van der Waals surface area contributed by atoms with Crippen molar-refractivity contribution in [1.29, 1.82) is 0 Å². The molecular weight excluding hydrogens is 392 g/mol. The number of allylic oxidation sites excluding steroid dienone is 1. The third-order valence-electron chi connectivity index (χ3n) is 5.34. The van der Waals surface area contributed by atoms with Gasteiger partial charge in [-0.2, -0.15) is 9.97 Å². The average Bonchev–Trinajstić information content (AvgIpc) is 3.58. The molecule has 8 heteroatoms. The molecule has 0 saturated heterocycles. The fourth-order valence-corrected chi connectivity index (χ4v) is 3.51. The van der Waals surface area contributed by atoms with Crippen molar-refractivity contribution < 1.29 is 9.53 Å². The molecule has 2 aliphatic rings. The molecular formula is C23H30N6O2. The van der Waals surface area contributed by atoms with Crippen molar-refractivity contribution in [3.63, 3.8) is 0 Å². The molecule has 8 nitrogen and oxygen atoms in total. The Morgan fingerprint density at radius 2 is 2.10 bits per heavy atom. The molecule has 4 N–H and O–H groups in total. The Hall–Kier alpha value is -3.13. The van der Waals surface area contributed by atoms with E-state index in [1.807, 2.05) is 0 Å². The lowest BCUT2D eigenvalue weighted by Crippen LogP contribution is -2.25. The van der Waals surface area contributed by atoms with Crippen LogP contribution < -0.4 is 26.0 Å². The normalized spacial score (nSPS) is 15.1. The van der Waals surface area contributed by atoms with Gasteiger partial charge in [0.1, 0.15) is 5.69 Å². The second kappa shape index (κ2) is 9.78. The van der Waals surface area contributed by atoms with Crippen LogP contribution in [0.1, 0.15) is 43.7 Å². The summed E-state index contributed by atoms with van der Waals surface area (Å²) in [5.41, 5.74) is 10.5. The van der Waals surface area contributed by atoms with Gasteiger partial charge in [-0.05, 0) is 24.0 Å². The van der Waals surface area contributed by atoms with Gasteiger partial charge in [-0.15, -0.1) is 0 Å². The summed E-state index contributed by atoms with van der Waals surface area (Å²) in [5.74, 6) is 0.740. The quantitative estimate of drug-likeness (QED) is 0.399. The first-order valence-electron chi connectivity index (χ1n) is 10.9. The Kier molecular flexibility index (Phi) is 6.66. The monoisotopic (exact) mass is 422 g/mol. The highest BCUT2D eigenvalue weighted by Crippen LogP contribution is 2.33. The smallest absolute Gasteiger partial charge is 0.320 e. The molecule has 164 valence electrons. The lowest BCUT2D eigenvalue weighted by atomic mass is 10.1. The van der Waals surface area contributed by atoms with Gasteiger partial charge >= 0.3 is 6.01 Å². The molecule has 0 bridgehead atoms. The number of nitrogen functional groups attached to an aromatic ring is 1.